The molecule has 2 heterocycles. The van der Waals surface area contributed by atoms with Crippen LogP contribution in [0.3, 0.4) is 0 Å². The summed E-state index contributed by atoms with van der Waals surface area (Å²) in [5.41, 5.74) is 1.79. The van der Waals surface area contributed by atoms with E-state index in [0.29, 0.717) is 22.2 Å². The van der Waals surface area contributed by atoms with Gasteiger partial charge in [0.05, 0.1) is 16.8 Å². The number of carboxylic acid groups (broad SMARTS) is 1. The number of thiophene rings is 1. The zero-order chi connectivity index (χ0) is 15.0. The van der Waals surface area contributed by atoms with Gasteiger partial charge in [0, 0.05) is 11.4 Å². The molecule has 1 aromatic heterocycles. The molecule has 0 bridgehead atoms. The molecular formula is C14H10Cl2N2O2S. The molecule has 0 aliphatic carbocycles. The molecule has 4 nitrogen and oxygen atoms in total. The number of benzene rings is 1. The molecule has 1 N–H and O–H groups in total. The van der Waals surface area contributed by atoms with E-state index in [-0.39, 0.29) is 11.8 Å². The minimum Gasteiger partial charge on any atom is -0.477 e. The number of hydrogen-bond donors (Lipinski definition) is 1. The number of halogens is 2. The van der Waals surface area contributed by atoms with Crippen molar-refractivity contribution in [3.8, 4) is 0 Å². The minimum absolute atomic E-state index is 0.122. The van der Waals surface area contributed by atoms with E-state index in [0.717, 1.165) is 5.56 Å². The largest absolute Gasteiger partial charge is 0.477 e. The van der Waals surface area contributed by atoms with E-state index in [4.69, 9.17) is 23.2 Å². The maximum atomic E-state index is 11.2. The number of rotatable bonds is 3. The summed E-state index contributed by atoms with van der Waals surface area (Å²) < 4.78 is 0. The molecule has 1 aliphatic rings. The Morgan fingerprint density at radius 2 is 2.19 bits per heavy atom. The van der Waals surface area contributed by atoms with Crippen molar-refractivity contribution < 1.29 is 9.90 Å². The van der Waals surface area contributed by atoms with Gasteiger partial charge in [0.25, 0.3) is 0 Å². The van der Waals surface area contributed by atoms with Gasteiger partial charge in [0.2, 0.25) is 0 Å². The molecule has 7 heteroatoms. The quantitative estimate of drug-likeness (QED) is 0.898. The van der Waals surface area contributed by atoms with Crippen LogP contribution in [-0.2, 0) is 4.79 Å². The third kappa shape index (κ3) is 2.77. The molecule has 108 valence electrons. The van der Waals surface area contributed by atoms with Crippen molar-refractivity contribution in [2.75, 3.05) is 5.01 Å². The maximum absolute atomic E-state index is 11.2. The lowest BCUT2D eigenvalue weighted by atomic mass is 10.0. The average molecular weight is 341 g/mol. The van der Waals surface area contributed by atoms with E-state index in [1.165, 1.54) is 0 Å². The first-order valence-electron chi connectivity index (χ1n) is 6.13. The van der Waals surface area contributed by atoms with Crippen LogP contribution in [0.15, 0.2) is 40.1 Å². The first-order chi connectivity index (χ1) is 10.1. The Morgan fingerprint density at radius 3 is 2.81 bits per heavy atom. The van der Waals surface area contributed by atoms with E-state index in [9.17, 15) is 9.90 Å². The normalized spacial score (nSPS) is 17.9. The summed E-state index contributed by atoms with van der Waals surface area (Å²) in [7, 11) is 0. The van der Waals surface area contributed by atoms with E-state index >= 15 is 0 Å². The van der Waals surface area contributed by atoms with Gasteiger partial charge in [-0.3, -0.25) is 5.01 Å². The van der Waals surface area contributed by atoms with Crippen molar-refractivity contribution in [2.45, 2.75) is 12.5 Å². The molecule has 0 fully saturated rings. The molecule has 2 aromatic rings. The summed E-state index contributed by atoms with van der Waals surface area (Å²) in [4.78, 5) is 11.2. The van der Waals surface area contributed by atoms with Crippen LogP contribution in [0.2, 0.25) is 10.0 Å². The second-order valence-corrected chi connectivity index (χ2v) is 6.19. The van der Waals surface area contributed by atoms with Crippen LogP contribution in [0.1, 0.15) is 18.0 Å². The van der Waals surface area contributed by atoms with Crippen molar-refractivity contribution in [3.05, 3.63) is 50.6 Å². The van der Waals surface area contributed by atoms with Crippen LogP contribution in [-0.4, -0.2) is 16.8 Å². The van der Waals surface area contributed by atoms with Crippen LogP contribution in [0.25, 0.3) is 0 Å². The fourth-order valence-electron chi connectivity index (χ4n) is 2.25. The van der Waals surface area contributed by atoms with Crippen molar-refractivity contribution in [2.24, 2.45) is 5.10 Å². The fraction of sp³-hybridized carbons (Fsp3) is 0.143. The Balaban J connectivity index is 2.04. The first-order valence-corrected chi connectivity index (χ1v) is 7.83. The van der Waals surface area contributed by atoms with Gasteiger partial charge in [-0.05, 0) is 40.6 Å². The van der Waals surface area contributed by atoms with Gasteiger partial charge in [0.15, 0.2) is 0 Å². The van der Waals surface area contributed by atoms with Crippen molar-refractivity contribution in [1.82, 2.24) is 0 Å². The molecule has 3 rings (SSSR count). The van der Waals surface area contributed by atoms with Crippen LogP contribution in [0, 0.1) is 0 Å². The molecule has 1 aromatic carbocycles. The average Bonchev–Trinajstić information content (AvgIpc) is 3.07. The van der Waals surface area contributed by atoms with Crippen LogP contribution in [0.5, 0.6) is 0 Å². The van der Waals surface area contributed by atoms with Crippen molar-refractivity contribution in [3.63, 3.8) is 0 Å². The second kappa shape index (κ2) is 5.67. The Hall–Kier alpha value is -1.56. The molecule has 0 amide bonds. The van der Waals surface area contributed by atoms with Gasteiger partial charge in [-0.25, -0.2) is 4.79 Å². The SMILES string of the molecule is O=C(O)C1=NN(c2ccc(Cl)cc2Cl)C(c2ccsc2)C1. The number of nitrogens with zero attached hydrogens (tertiary/aromatic N) is 2. The highest BCUT2D eigenvalue weighted by molar-refractivity contribution is 7.08. The van der Waals surface area contributed by atoms with Crippen LogP contribution in [0.4, 0.5) is 5.69 Å². The van der Waals surface area contributed by atoms with Crippen LogP contribution < -0.4 is 5.01 Å². The Labute approximate surface area is 135 Å². The smallest absolute Gasteiger partial charge is 0.352 e. The highest BCUT2D eigenvalue weighted by Gasteiger charge is 2.33. The Bertz CT molecular complexity index is 716. The van der Waals surface area contributed by atoms with E-state index in [1.807, 2.05) is 16.8 Å². The molecule has 0 radical (unpaired) electrons. The molecule has 0 saturated heterocycles. The molecule has 1 atom stereocenters. The molecule has 1 unspecified atom stereocenters. The Morgan fingerprint density at radius 1 is 1.38 bits per heavy atom. The zero-order valence-electron chi connectivity index (χ0n) is 10.7. The number of carboxylic acids is 1. The van der Waals surface area contributed by atoms with E-state index in [2.05, 4.69) is 5.10 Å². The Kier molecular flexibility index (Phi) is 3.89. The predicted octanol–water partition coefficient (Wildman–Crippen LogP) is 4.45. The number of anilines is 1. The van der Waals surface area contributed by atoms with Crippen LogP contribution >= 0.6 is 34.5 Å². The monoisotopic (exact) mass is 340 g/mol. The van der Waals surface area contributed by atoms with Crippen molar-refractivity contribution in [1.29, 1.82) is 0 Å². The topological polar surface area (TPSA) is 52.9 Å². The standard InChI is InChI=1S/C14H10Cl2N2O2S/c15-9-1-2-12(10(16)5-9)18-13(8-3-4-21-7-8)6-11(17-18)14(19)20/h1-5,7,13H,6H2,(H,19,20). The highest BCUT2D eigenvalue weighted by atomic mass is 35.5. The summed E-state index contributed by atoms with van der Waals surface area (Å²) in [6, 6.07) is 6.88. The van der Waals surface area contributed by atoms with Crippen molar-refractivity contribution >= 4 is 51.9 Å². The summed E-state index contributed by atoms with van der Waals surface area (Å²) >= 11 is 13.7. The van der Waals surface area contributed by atoms with E-state index < -0.39 is 5.97 Å². The lowest BCUT2D eigenvalue weighted by Gasteiger charge is -2.24. The number of aliphatic carboxylic acids is 1. The molecular weight excluding hydrogens is 331 g/mol. The minimum atomic E-state index is -1.01. The summed E-state index contributed by atoms with van der Waals surface area (Å²) in [5, 5.41) is 20.0. The number of carbonyl (C=O) groups is 1. The molecule has 0 saturated carbocycles. The summed E-state index contributed by atoms with van der Waals surface area (Å²) in [6.45, 7) is 0. The third-order valence-corrected chi connectivity index (χ3v) is 4.48. The lowest BCUT2D eigenvalue weighted by molar-refractivity contribution is -0.129. The maximum Gasteiger partial charge on any atom is 0.352 e. The molecule has 21 heavy (non-hydrogen) atoms. The fourth-order valence-corrected chi connectivity index (χ4v) is 3.45. The lowest BCUT2D eigenvalue weighted by Crippen LogP contribution is -2.18. The predicted molar refractivity (Wildman–Crippen MR) is 85.7 cm³/mol. The number of hydrogen-bond acceptors (Lipinski definition) is 4. The summed E-state index contributed by atoms with van der Waals surface area (Å²) in [5.74, 6) is -1.01. The molecule has 0 spiro atoms. The van der Waals surface area contributed by atoms with Gasteiger partial charge in [0.1, 0.15) is 5.71 Å². The van der Waals surface area contributed by atoms with Gasteiger partial charge in [-0.15, -0.1) is 0 Å². The van der Waals surface area contributed by atoms with E-state index in [1.54, 1.807) is 34.5 Å². The highest BCUT2D eigenvalue weighted by Crippen LogP contribution is 2.40. The molecule has 1 aliphatic heterocycles. The van der Waals surface area contributed by atoms with Gasteiger partial charge >= 0.3 is 5.97 Å². The summed E-state index contributed by atoms with van der Waals surface area (Å²) in [6.07, 6.45) is 0.338. The first kappa shape index (κ1) is 14.4. The number of hydrazone groups is 1. The second-order valence-electron chi connectivity index (χ2n) is 4.57. The zero-order valence-corrected chi connectivity index (χ0v) is 13.0. The van der Waals surface area contributed by atoms with Gasteiger partial charge < -0.3 is 5.11 Å². The van der Waals surface area contributed by atoms with Gasteiger partial charge in [-0.2, -0.15) is 16.4 Å². The third-order valence-electron chi connectivity index (χ3n) is 3.24. The van der Waals surface area contributed by atoms with Gasteiger partial charge in [-0.1, -0.05) is 23.2 Å².